The second-order valence-corrected chi connectivity index (χ2v) is 10.7. The molecule has 0 radical (unpaired) electrons. The van der Waals surface area contributed by atoms with Crippen LogP contribution in [0, 0.1) is 5.92 Å². The van der Waals surface area contributed by atoms with E-state index in [-0.39, 0.29) is 48.9 Å². The van der Waals surface area contributed by atoms with E-state index in [0.717, 1.165) is 28.2 Å². The lowest BCUT2D eigenvalue weighted by Gasteiger charge is -2.38. The monoisotopic (exact) mass is 557 g/mol. The Labute approximate surface area is 242 Å². The van der Waals surface area contributed by atoms with Crippen molar-refractivity contribution >= 4 is 17.5 Å². The van der Waals surface area contributed by atoms with Crippen LogP contribution >= 0.6 is 0 Å². The van der Waals surface area contributed by atoms with Crippen LogP contribution in [0.15, 0.2) is 78.9 Å². The van der Waals surface area contributed by atoms with Gasteiger partial charge in [-0.2, -0.15) is 0 Å². The molecule has 3 aromatic carbocycles. The molecule has 1 heterocycles. The highest BCUT2D eigenvalue weighted by atomic mass is 16.5. The first-order valence-corrected chi connectivity index (χ1v) is 14.0. The summed E-state index contributed by atoms with van der Waals surface area (Å²) in [6.07, 6.45) is 1.52. The number of amides is 1. The molecule has 1 saturated heterocycles. The standard InChI is InChI=1S/C34H39NO6/c1-24(36)10-15-31(38)21-26-20-30(35(22-26)25(2)37)23-41-34(27-8-6-5-7-9-27,28-11-16-32(39-3)17-12-28)29-13-18-33(40-4)19-14-29/h5-9,11-14,16-19,26,30H,10,15,20-23H2,1-4H3/t26-,30-/m0/s1. The van der Waals surface area contributed by atoms with E-state index in [1.54, 1.807) is 21.1 Å². The quantitative estimate of drug-likeness (QED) is 0.255. The van der Waals surface area contributed by atoms with Gasteiger partial charge in [0.05, 0.1) is 26.9 Å². The van der Waals surface area contributed by atoms with Crippen LogP contribution < -0.4 is 9.47 Å². The SMILES string of the molecule is COc1ccc(C(OC[C@@H]2C[C@@H](CC(=O)CCC(C)=O)CN2C(C)=O)(c2ccccc2)c2ccc(OC)cc2)cc1. The van der Waals surface area contributed by atoms with Crippen molar-refractivity contribution in [3.8, 4) is 11.5 Å². The summed E-state index contributed by atoms with van der Waals surface area (Å²) < 4.78 is 17.9. The Morgan fingerprint density at radius 1 is 0.780 bits per heavy atom. The predicted molar refractivity (Wildman–Crippen MR) is 157 cm³/mol. The van der Waals surface area contributed by atoms with Crippen molar-refractivity contribution in [3.63, 3.8) is 0 Å². The summed E-state index contributed by atoms with van der Waals surface area (Å²) >= 11 is 0. The van der Waals surface area contributed by atoms with Crippen LogP contribution in [-0.4, -0.2) is 55.8 Å². The molecule has 216 valence electrons. The normalized spacial score (nSPS) is 16.8. The van der Waals surface area contributed by atoms with Crippen LogP contribution in [0.3, 0.4) is 0 Å². The first-order valence-electron chi connectivity index (χ1n) is 14.0. The number of likely N-dealkylation sites (tertiary alicyclic amines) is 1. The van der Waals surface area contributed by atoms with Crippen LogP contribution in [0.5, 0.6) is 11.5 Å². The zero-order valence-electron chi connectivity index (χ0n) is 24.3. The number of Topliss-reactive ketones (excluding diaryl/α,β-unsaturated/α-hetero) is 2. The van der Waals surface area contributed by atoms with Crippen molar-refractivity contribution in [2.45, 2.75) is 51.2 Å². The fourth-order valence-electron chi connectivity index (χ4n) is 5.74. The smallest absolute Gasteiger partial charge is 0.219 e. The molecule has 1 aliphatic rings. The molecule has 0 N–H and O–H groups in total. The second-order valence-electron chi connectivity index (χ2n) is 10.7. The number of nitrogens with zero attached hydrogens (tertiary/aromatic N) is 1. The van der Waals surface area contributed by atoms with Gasteiger partial charge in [-0.3, -0.25) is 9.59 Å². The lowest BCUT2D eigenvalue weighted by Crippen LogP contribution is -2.41. The van der Waals surface area contributed by atoms with E-state index in [1.165, 1.54) is 6.92 Å². The highest BCUT2D eigenvalue weighted by Crippen LogP contribution is 2.42. The Hall–Kier alpha value is -3.97. The number of hydrogen-bond donors (Lipinski definition) is 0. The molecule has 0 aliphatic carbocycles. The van der Waals surface area contributed by atoms with Gasteiger partial charge in [0.1, 0.15) is 28.7 Å². The van der Waals surface area contributed by atoms with E-state index in [9.17, 15) is 14.4 Å². The van der Waals surface area contributed by atoms with Crippen LogP contribution in [0.4, 0.5) is 0 Å². The second kappa shape index (κ2) is 13.6. The molecular formula is C34H39NO6. The summed E-state index contributed by atoms with van der Waals surface area (Å²) in [5.41, 5.74) is 1.78. The first-order chi connectivity index (χ1) is 19.8. The van der Waals surface area contributed by atoms with E-state index in [2.05, 4.69) is 0 Å². The number of ether oxygens (including phenoxy) is 3. The number of benzene rings is 3. The van der Waals surface area contributed by atoms with E-state index in [4.69, 9.17) is 14.2 Å². The zero-order valence-corrected chi connectivity index (χ0v) is 24.3. The van der Waals surface area contributed by atoms with Gasteiger partial charge in [0.25, 0.3) is 0 Å². The summed E-state index contributed by atoms with van der Waals surface area (Å²) in [7, 11) is 3.27. The van der Waals surface area contributed by atoms with Crippen molar-refractivity contribution in [2.75, 3.05) is 27.4 Å². The summed E-state index contributed by atoms with van der Waals surface area (Å²) in [5, 5.41) is 0. The van der Waals surface area contributed by atoms with E-state index in [1.807, 2.05) is 83.8 Å². The van der Waals surface area contributed by atoms with Crippen LogP contribution in [0.25, 0.3) is 0 Å². The number of rotatable bonds is 13. The van der Waals surface area contributed by atoms with Crippen LogP contribution in [0.2, 0.25) is 0 Å². The first kappa shape index (κ1) is 30.0. The summed E-state index contributed by atoms with van der Waals surface area (Å²) in [5.74, 6) is 1.53. The largest absolute Gasteiger partial charge is 0.497 e. The molecule has 0 saturated carbocycles. The molecule has 0 spiro atoms. The van der Waals surface area contributed by atoms with Crippen molar-refractivity contribution in [2.24, 2.45) is 5.92 Å². The third-order valence-corrected chi connectivity index (χ3v) is 7.84. The summed E-state index contributed by atoms with van der Waals surface area (Å²) in [6.45, 7) is 3.83. The molecule has 0 bridgehead atoms. The molecule has 4 rings (SSSR count). The number of carbonyl (C=O) groups is 3. The molecule has 0 unspecified atom stereocenters. The molecule has 0 aromatic heterocycles. The lowest BCUT2D eigenvalue weighted by atomic mass is 9.80. The maximum absolute atomic E-state index is 12.7. The topological polar surface area (TPSA) is 82.1 Å². The minimum absolute atomic E-state index is 0.00993. The Kier molecular flexibility index (Phi) is 9.95. The number of carbonyl (C=O) groups excluding carboxylic acids is 3. The highest BCUT2D eigenvalue weighted by Gasteiger charge is 2.41. The van der Waals surface area contributed by atoms with Gasteiger partial charge in [0.2, 0.25) is 5.91 Å². The van der Waals surface area contributed by atoms with Gasteiger partial charge in [-0.05, 0) is 60.2 Å². The van der Waals surface area contributed by atoms with Gasteiger partial charge in [0, 0.05) is 32.7 Å². The Morgan fingerprint density at radius 3 is 1.80 bits per heavy atom. The summed E-state index contributed by atoms with van der Waals surface area (Å²) in [4.78, 5) is 38.4. The third kappa shape index (κ3) is 7.03. The van der Waals surface area contributed by atoms with Crippen molar-refractivity contribution < 1.29 is 28.6 Å². The molecular weight excluding hydrogens is 518 g/mol. The lowest BCUT2D eigenvalue weighted by molar-refractivity contribution is -0.132. The maximum atomic E-state index is 12.7. The molecule has 1 aliphatic heterocycles. The highest BCUT2D eigenvalue weighted by molar-refractivity contribution is 5.85. The fraction of sp³-hybridized carbons (Fsp3) is 0.382. The summed E-state index contributed by atoms with van der Waals surface area (Å²) in [6, 6.07) is 25.5. The van der Waals surface area contributed by atoms with Crippen molar-refractivity contribution in [1.82, 2.24) is 4.90 Å². The average molecular weight is 558 g/mol. The third-order valence-electron chi connectivity index (χ3n) is 7.84. The zero-order chi connectivity index (χ0) is 29.4. The van der Waals surface area contributed by atoms with Gasteiger partial charge in [-0.1, -0.05) is 54.6 Å². The van der Waals surface area contributed by atoms with Crippen LogP contribution in [-0.2, 0) is 24.7 Å². The predicted octanol–water partition coefficient (Wildman–Crippen LogP) is 5.58. The van der Waals surface area contributed by atoms with Gasteiger partial charge in [-0.25, -0.2) is 0 Å². The molecule has 41 heavy (non-hydrogen) atoms. The Morgan fingerprint density at radius 2 is 1.32 bits per heavy atom. The molecule has 2 atom stereocenters. The molecule has 3 aromatic rings. The molecule has 1 fully saturated rings. The van der Waals surface area contributed by atoms with Gasteiger partial charge in [-0.15, -0.1) is 0 Å². The van der Waals surface area contributed by atoms with Gasteiger partial charge < -0.3 is 23.9 Å². The van der Waals surface area contributed by atoms with E-state index >= 15 is 0 Å². The van der Waals surface area contributed by atoms with Gasteiger partial charge in [0.15, 0.2) is 0 Å². The number of methoxy groups -OCH3 is 2. The Bertz CT molecular complexity index is 1270. The van der Waals surface area contributed by atoms with Crippen LogP contribution in [0.1, 0.15) is 56.2 Å². The Balaban J connectivity index is 1.70. The minimum atomic E-state index is -0.988. The molecule has 7 nitrogen and oxygen atoms in total. The number of hydrogen-bond acceptors (Lipinski definition) is 6. The average Bonchev–Trinajstić information content (AvgIpc) is 3.40. The fourth-order valence-corrected chi connectivity index (χ4v) is 5.74. The van der Waals surface area contributed by atoms with E-state index in [0.29, 0.717) is 19.4 Å². The van der Waals surface area contributed by atoms with Crippen molar-refractivity contribution in [1.29, 1.82) is 0 Å². The minimum Gasteiger partial charge on any atom is -0.497 e. The molecule has 1 amide bonds. The van der Waals surface area contributed by atoms with Crippen molar-refractivity contribution in [3.05, 3.63) is 95.6 Å². The molecule has 7 heteroatoms. The van der Waals surface area contributed by atoms with E-state index < -0.39 is 5.60 Å². The number of ketones is 2. The maximum Gasteiger partial charge on any atom is 0.219 e. The van der Waals surface area contributed by atoms with Gasteiger partial charge >= 0.3 is 0 Å².